The Morgan fingerprint density at radius 2 is 1.93 bits per heavy atom. The minimum absolute atomic E-state index is 0.0545. The molecule has 0 radical (unpaired) electrons. The second-order valence-electron chi connectivity index (χ2n) is 7.54. The van der Waals surface area contributed by atoms with Crippen molar-refractivity contribution < 1.29 is 14.7 Å². The molecule has 1 saturated heterocycles. The molecule has 2 aliphatic rings. The fourth-order valence-electron chi connectivity index (χ4n) is 3.99. The molecule has 3 rings (SSSR count). The zero-order valence-corrected chi connectivity index (χ0v) is 17.3. The maximum Gasteiger partial charge on any atom is 0.251 e. The Morgan fingerprint density at radius 1 is 1.19 bits per heavy atom. The van der Waals surface area contributed by atoms with Crippen LogP contribution in [0, 0.1) is 5.92 Å². The molecule has 0 bridgehead atoms. The van der Waals surface area contributed by atoms with Crippen LogP contribution in [0.4, 0.5) is 5.69 Å². The van der Waals surface area contributed by atoms with Crippen molar-refractivity contribution in [3.05, 3.63) is 28.2 Å². The van der Waals surface area contributed by atoms with Crippen molar-refractivity contribution >= 4 is 33.4 Å². The number of benzene rings is 1. The molecule has 2 amide bonds. The van der Waals surface area contributed by atoms with Gasteiger partial charge in [-0.25, -0.2) is 0 Å². The zero-order valence-electron chi connectivity index (χ0n) is 15.7. The highest BCUT2D eigenvalue weighted by molar-refractivity contribution is 9.10. The lowest BCUT2D eigenvalue weighted by molar-refractivity contribution is -0.126. The lowest BCUT2D eigenvalue weighted by atomic mass is 9.91. The van der Waals surface area contributed by atoms with Gasteiger partial charge in [-0.2, -0.15) is 0 Å². The molecule has 1 aromatic rings. The van der Waals surface area contributed by atoms with E-state index in [4.69, 9.17) is 0 Å². The molecular formula is C20H28BrN3O3. The van der Waals surface area contributed by atoms with Gasteiger partial charge in [0.1, 0.15) is 0 Å². The van der Waals surface area contributed by atoms with Crippen molar-refractivity contribution in [2.75, 3.05) is 25.0 Å². The van der Waals surface area contributed by atoms with Crippen molar-refractivity contribution in [2.45, 2.75) is 50.7 Å². The molecule has 148 valence electrons. The molecule has 3 N–H and O–H groups in total. The number of carbonyl (C=O) groups is 2. The Morgan fingerprint density at radius 3 is 2.63 bits per heavy atom. The molecule has 1 aliphatic heterocycles. The Bertz CT molecular complexity index is 689. The van der Waals surface area contributed by atoms with E-state index in [1.807, 2.05) is 12.1 Å². The van der Waals surface area contributed by atoms with Gasteiger partial charge in [0.2, 0.25) is 5.91 Å². The fourth-order valence-corrected chi connectivity index (χ4v) is 4.49. The summed E-state index contributed by atoms with van der Waals surface area (Å²) < 4.78 is 0.928. The fraction of sp³-hybridized carbons (Fsp3) is 0.600. The van der Waals surface area contributed by atoms with E-state index in [1.165, 1.54) is 0 Å². The molecule has 27 heavy (non-hydrogen) atoms. The van der Waals surface area contributed by atoms with Crippen LogP contribution < -0.4 is 15.5 Å². The van der Waals surface area contributed by atoms with E-state index < -0.39 is 0 Å². The van der Waals surface area contributed by atoms with Crippen LogP contribution in [-0.4, -0.2) is 49.2 Å². The molecular weight excluding hydrogens is 410 g/mol. The van der Waals surface area contributed by atoms with E-state index in [0.29, 0.717) is 12.1 Å². The van der Waals surface area contributed by atoms with Gasteiger partial charge in [0.05, 0.1) is 17.7 Å². The molecule has 6 nitrogen and oxygen atoms in total. The van der Waals surface area contributed by atoms with Crippen molar-refractivity contribution in [3.63, 3.8) is 0 Å². The number of aliphatic hydroxyl groups is 1. The maximum absolute atomic E-state index is 12.8. The third-order valence-corrected chi connectivity index (χ3v) is 6.28. The van der Waals surface area contributed by atoms with Crippen molar-refractivity contribution in [1.29, 1.82) is 0 Å². The predicted molar refractivity (Wildman–Crippen MR) is 109 cm³/mol. The van der Waals surface area contributed by atoms with Crippen molar-refractivity contribution in [2.24, 2.45) is 5.92 Å². The summed E-state index contributed by atoms with van der Waals surface area (Å²) in [5, 5.41) is 15.5. The van der Waals surface area contributed by atoms with Gasteiger partial charge >= 0.3 is 0 Å². The number of rotatable bonds is 4. The summed E-state index contributed by atoms with van der Waals surface area (Å²) >= 11 is 3.58. The summed E-state index contributed by atoms with van der Waals surface area (Å²) in [7, 11) is 1.62. The number of amides is 2. The van der Waals surface area contributed by atoms with Gasteiger partial charge in [0.25, 0.3) is 5.91 Å². The Hall–Kier alpha value is -1.60. The van der Waals surface area contributed by atoms with Crippen LogP contribution in [0.3, 0.4) is 0 Å². The average molecular weight is 438 g/mol. The SMILES string of the molecule is CNC(=O)c1ccc(Br)c(N2CCCC(C(=O)NC3CCC(O)CC3)C2)c1. The molecule has 1 aromatic carbocycles. The van der Waals surface area contributed by atoms with Crippen molar-refractivity contribution in [1.82, 2.24) is 10.6 Å². The van der Waals surface area contributed by atoms with E-state index >= 15 is 0 Å². The van der Waals surface area contributed by atoms with E-state index in [1.54, 1.807) is 13.1 Å². The van der Waals surface area contributed by atoms with Crippen LogP contribution in [-0.2, 0) is 4.79 Å². The second kappa shape index (κ2) is 9.06. The first-order valence-electron chi connectivity index (χ1n) is 9.73. The van der Waals surface area contributed by atoms with Crippen LogP contribution in [0.1, 0.15) is 48.9 Å². The Kier molecular flexibility index (Phi) is 6.76. The highest BCUT2D eigenvalue weighted by Gasteiger charge is 2.29. The highest BCUT2D eigenvalue weighted by atomic mass is 79.9. The van der Waals surface area contributed by atoms with Crippen LogP contribution in [0.15, 0.2) is 22.7 Å². The lowest BCUT2D eigenvalue weighted by Gasteiger charge is -2.35. The van der Waals surface area contributed by atoms with Crippen LogP contribution in [0.5, 0.6) is 0 Å². The number of piperidine rings is 1. The third-order valence-electron chi connectivity index (χ3n) is 5.61. The largest absolute Gasteiger partial charge is 0.393 e. The zero-order chi connectivity index (χ0) is 19.4. The number of halogens is 1. The minimum atomic E-state index is -0.215. The Balaban J connectivity index is 1.65. The minimum Gasteiger partial charge on any atom is -0.393 e. The summed E-state index contributed by atoms with van der Waals surface area (Å²) in [5.41, 5.74) is 1.57. The predicted octanol–water partition coefficient (Wildman–Crippen LogP) is 2.44. The van der Waals surface area contributed by atoms with E-state index in [9.17, 15) is 14.7 Å². The second-order valence-corrected chi connectivity index (χ2v) is 8.40. The number of aliphatic hydroxyl groups excluding tert-OH is 1. The maximum atomic E-state index is 12.8. The quantitative estimate of drug-likeness (QED) is 0.675. The molecule has 0 aromatic heterocycles. The molecule has 2 fully saturated rings. The summed E-state index contributed by atoms with van der Waals surface area (Å²) in [6.07, 6.45) is 4.84. The number of nitrogens with zero attached hydrogens (tertiary/aromatic N) is 1. The summed E-state index contributed by atoms with van der Waals surface area (Å²) in [6.45, 7) is 1.52. The van der Waals surface area contributed by atoms with Gasteiger partial charge < -0.3 is 20.6 Å². The number of anilines is 1. The summed E-state index contributed by atoms with van der Waals surface area (Å²) in [4.78, 5) is 26.9. The van der Waals surface area contributed by atoms with E-state index in [2.05, 4.69) is 31.5 Å². The van der Waals surface area contributed by atoms with Gasteiger partial charge in [-0.05, 0) is 72.7 Å². The Labute approximate surface area is 168 Å². The van der Waals surface area contributed by atoms with Crippen LogP contribution in [0.25, 0.3) is 0 Å². The number of hydrogen-bond acceptors (Lipinski definition) is 4. The molecule has 1 atom stereocenters. The highest BCUT2D eigenvalue weighted by Crippen LogP contribution is 2.31. The van der Waals surface area contributed by atoms with Crippen LogP contribution in [0.2, 0.25) is 0 Å². The molecule has 1 aliphatic carbocycles. The third kappa shape index (κ3) is 5.02. The average Bonchev–Trinajstić information content (AvgIpc) is 2.69. The lowest BCUT2D eigenvalue weighted by Crippen LogP contribution is -2.47. The first-order valence-corrected chi connectivity index (χ1v) is 10.5. The van der Waals surface area contributed by atoms with Gasteiger partial charge in [0.15, 0.2) is 0 Å². The van der Waals surface area contributed by atoms with Gasteiger partial charge in [0, 0.05) is 36.2 Å². The standard InChI is InChI=1S/C20H28BrN3O3/c1-22-19(26)13-4-9-17(21)18(11-13)24-10-2-3-14(12-24)20(27)23-15-5-7-16(25)8-6-15/h4,9,11,14-16,25H,2-3,5-8,10,12H2,1H3,(H,22,26)(H,23,27). The molecule has 1 heterocycles. The molecule has 7 heteroatoms. The number of hydrogen-bond donors (Lipinski definition) is 3. The first kappa shape index (κ1) is 20.1. The van der Waals surface area contributed by atoms with E-state index in [-0.39, 0.29) is 29.9 Å². The molecule has 1 saturated carbocycles. The molecule has 0 spiro atoms. The van der Waals surface area contributed by atoms with Gasteiger partial charge in [-0.1, -0.05) is 0 Å². The monoisotopic (exact) mass is 437 g/mol. The number of nitrogens with one attached hydrogen (secondary N) is 2. The van der Waals surface area contributed by atoms with Crippen molar-refractivity contribution in [3.8, 4) is 0 Å². The van der Waals surface area contributed by atoms with E-state index in [0.717, 1.165) is 55.2 Å². The smallest absolute Gasteiger partial charge is 0.251 e. The molecule has 1 unspecified atom stereocenters. The number of carbonyl (C=O) groups excluding carboxylic acids is 2. The summed E-state index contributed by atoms with van der Waals surface area (Å²) in [5.74, 6) is -0.0598. The summed E-state index contributed by atoms with van der Waals surface area (Å²) in [6, 6.07) is 5.74. The topological polar surface area (TPSA) is 81.7 Å². The van der Waals surface area contributed by atoms with Gasteiger partial charge in [-0.15, -0.1) is 0 Å². The van der Waals surface area contributed by atoms with Gasteiger partial charge in [-0.3, -0.25) is 9.59 Å². The first-order chi connectivity index (χ1) is 13.0. The normalized spacial score (nSPS) is 25.7. The van der Waals surface area contributed by atoms with Crippen LogP contribution >= 0.6 is 15.9 Å².